The number of hydrogen-bond donors (Lipinski definition) is 1. The number of carbonyl (C=O) groups is 2. The summed E-state index contributed by atoms with van der Waals surface area (Å²) in [5.41, 5.74) is 0.938. The van der Waals surface area contributed by atoms with E-state index in [2.05, 4.69) is 15.4 Å². The van der Waals surface area contributed by atoms with Gasteiger partial charge in [-0.05, 0) is 12.5 Å². The maximum Gasteiger partial charge on any atom is 0.272 e. The van der Waals surface area contributed by atoms with Crippen LogP contribution in [0.2, 0.25) is 0 Å². The molecule has 1 atom stereocenters. The van der Waals surface area contributed by atoms with Crippen molar-refractivity contribution >= 4 is 17.5 Å². The molecule has 1 fully saturated rings. The number of fused-ring (bicyclic) bond motifs is 1. The number of carbonyl (C=O) groups excluding carboxylic acids is 2. The standard InChI is InChI=1S/C14H17N5O2/c1-2-5-18-9-10(7-13(18)20)16-14(21)11-8-12-15-4-3-6-19(12)17-11/h3-4,6,8,10H,2,5,7,9H2,1H3,(H,16,21). The predicted molar refractivity (Wildman–Crippen MR) is 75.7 cm³/mol. The highest BCUT2D eigenvalue weighted by atomic mass is 16.2. The summed E-state index contributed by atoms with van der Waals surface area (Å²) in [6.07, 6.45) is 4.67. The van der Waals surface area contributed by atoms with Crippen LogP contribution in [-0.2, 0) is 4.79 Å². The Balaban J connectivity index is 1.68. The van der Waals surface area contributed by atoms with E-state index >= 15 is 0 Å². The Labute approximate surface area is 122 Å². The summed E-state index contributed by atoms with van der Waals surface area (Å²) in [5.74, 6) is -0.171. The van der Waals surface area contributed by atoms with Crippen molar-refractivity contribution in [1.29, 1.82) is 0 Å². The molecule has 7 heteroatoms. The molecule has 3 heterocycles. The lowest BCUT2D eigenvalue weighted by molar-refractivity contribution is -0.127. The lowest BCUT2D eigenvalue weighted by Gasteiger charge is -2.15. The number of rotatable bonds is 4. The van der Waals surface area contributed by atoms with Gasteiger partial charge in [0.2, 0.25) is 5.91 Å². The summed E-state index contributed by atoms with van der Waals surface area (Å²) in [6, 6.07) is 3.24. The molecule has 2 amide bonds. The molecule has 21 heavy (non-hydrogen) atoms. The van der Waals surface area contributed by atoms with Crippen LogP contribution in [0.4, 0.5) is 0 Å². The highest BCUT2D eigenvalue weighted by Gasteiger charge is 2.30. The predicted octanol–water partition coefficient (Wildman–Crippen LogP) is 0.470. The van der Waals surface area contributed by atoms with Crippen molar-refractivity contribution in [2.75, 3.05) is 13.1 Å². The van der Waals surface area contributed by atoms with E-state index in [9.17, 15) is 9.59 Å². The van der Waals surface area contributed by atoms with Gasteiger partial charge in [0.1, 0.15) is 0 Å². The van der Waals surface area contributed by atoms with Gasteiger partial charge in [0.05, 0.1) is 6.04 Å². The fraction of sp³-hybridized carbons (Fsp3) is 0.429. The third kappa shape index (κ3) is 2.72. The Hall–Kier alpha value is -2.44. The first-order valence-electron chi connectivity index (χ1n) is 7.06. The Morgan fingerprint density at radius 3 is 3.14 bits per heavy atom. The SMILES string of the molecule is CCCN1CC(NC(=O)c2cc3ncccn3n2)CC1=O. The topological polar surface area (TPSA) is 79.6 Å². The maximum absolute atomic E-state index is 12.2. The molecule has 0 aromatic carbocycles. The molecule has 110 valence electrons. The van der Waals surface area contributed by atoms with Gasteiger partial charge < -0.3 is 10.2 Å². The number of hydrogen-bond acceptors (Lipinski definition) is 4. The van der Waals surface area contributed by atoms with E-state index in [1.54, 1.807) is 33.9 Å². The molecule has 1 saturated heterocycles. The van der Waals surface area contributed by atoms with E-state index in [4.69, 9.17) is 0 Å². The zero-order valence-corrected chi connectivity index (χ0v) is 11.8. The zero-order chi connectivity index (χ0) is 14.8. The Morgan fingerprint density at radius 1 is 1.52 bits per heavy atom. The van der Waals surface area contributed by atoms with Crippen LogP contribution in [-0.4, -0.2) is 50.4 Å². The summed E-state index contributed by atoms with van der Waals surface area (Å²) in [5, 5.41) is 7.04. The molecule has 0 bridgehead atoms. The molecular weight excluding hydrogens is 270 g/mol. The average molecular weight is 287 g/mol. The molecular formula is C14H17N5O2. The van der Waals surface area contributed by atoms with E-state index in [1.165, 1.54) is 0 Å². The fourth-order valence-corrected chi connectivity index (χ4v) is 2.56. The maximum atomic E-state index is 12.2. The van der Waals surface area contributed by atoms with Crippen LogP contribution in [0.1, 0.15) is 30.3 Å². The van der Waals surface area contributed by atoms with Crippen molar-refractivity contribution in [3.8, 4) is 0 Å². The van der Waals surface area contributed by atoms with Gasteiger partial charge in [0.15, 0.2) is 11.3 Å². The minimum absolute atomic E-state index is 0.0961. The molecule has 3 rings (SSSR count). The third-order valence-corrected chi connectivity index (χ3v) is 3.51. The number of nitrogens with one attached hydrogen (secondary N) is 1. The molecule has 0 spiro atoms. The van der Waals surface area contributed by atoms with Crippen molar-refractivity contribution < 1.29 is 9.59 Å². The second kappa shape index (κ2) is 5.51. The molecule has 0 saturated carbocycles. The van der Waals surface area contributed by atoms with E-state index in [0.29, 0.717) is 24.3 Å². The van der Waals surface area contributed by atoms with Gasteiger partial charge in [-0.25, -0.2) is 9.50 Å². The Morgan fingerprint density at radius 2 is 2.38 bits per heavy atom. The highest BCUT2D eigenvalue weighted by Crippen LogP contribution is 2.12. The van der Waals surface area contributed by atoms with Crippen molar-refractivity contribution in [2.45, 2.75) is 25.8 Å². The molecule has 7 nitrogen and oxygen atoms in total. The quantitative estimate of drug-likeness (QED) is 0.886. The summed E-state index contributed by atoms with van der Waals surface area (Å²) >= 11 is 0. The van der Waals surface area contributed by atoms with E-state index in [-0.39, 0.29) is 17.9 Å². The second-order valence-electron chi connectivity index (χ2n) is 5.17. The van der Waals surface area contributed by atoms with Gasteiger partial charge in [-0.2, -0.15) is 5.10 Å². The van der Waals surface area contributed by atoms with Crippen molar-refractivity contribution in [1.82, 2.24) is 24.8 Å². The van der Waals surface area contributed by atoms with Gasteiger partial charge in [0.25, 0.3) is 5.91 Å². The van der Waals surface area contributed by atoms with Gasteiger partial charge in [0, 0.05) is 38.0 Å². The van der Waals surface area contributed by atoms with E-state index in [1.807, 2.05) is 6.92 Å². The minimum Gasteiger partial charge on any atom is -0.346 e. The van der Waals surface area contributed by atoms with E-state index < -0.39 is 0 Å². The van der Waals surface area contributed by atoms with Crippen LogP contribution in [0, 0.1) is 0 Å². The summed E-state index contributed by atoms with van der Waals surface area (Å²) in [6.45, 7) is 3.34. The van der Waals surface area contributed by atoms with Crippen LogP contribution in [0.5, 0.6) is 0 Å². The molecule has 2 aromatic rings. The highest BCUT2D eigenvalue weighted by molar-refractivity contribution is 5.94. The van der Waals surface area contributed by atoms with Crippen LogP contribution in [0.25, 0.3) is 5.65 Å². The minimum atomic E-state index is -0.267. The third-order valence-electron chi connectivity index (χ3n) is 3.51. The largest absolute Gasteiger partial charge is 0.346 e. The molecule has 1 aliphatic rings. The van der Waals surface area contributed by atoms with Gasteiger partial charge in [-0.15, -0.1) is 0 Å². The van der Waals surface area contributed by atoms with Crippen LogP contribution in [0.15, 0.2) is 24.5 Å². The zero-order valence-electron chi connectivity index (χ0n) is 11.8. The molecule has 2 aromatic heterocycles. The smallest absolute Gasteiger partial charge is 0.272 e. The second-order valence-corrected chi connectivity index (χ2v) is 5.17. The van der Waals surface area contributed by atoms with Crippen molar-refractivity contribution in [3.63, 3.8) is 0 Å². The summed E-state index contributed by atoms with van der Waals surface area (Å²) in [7, 11) is 0. The van der Waals surface area contributed by atoms with Crippen LogP contribution >= 0.6 is 0 Å². The van der Waals surface area contributed by atoms with Crippen molar-refractivity contribution in [3.05, 3.63) is 30.2 Å². The summed E-state index contributed by atoms with van der Waals surface area (Å²) < 4.78 is 1.55. The van der Waals surface area contributed by atoms with Crippen LogP contribution < -0.4 is 5.32 Å². The van der Waals surface area contributed by atoms with Gasteiger partial charge >= 0.3 is 0 Å². The van der Waals surface area contributed by atoms with Gasteiger partial charge in [-0.1, -0.05) is 6.92 Å². The number of nitrogens with zero attached hydrogens (tertiary/aromatic N) is 4. The lowest BCUT2D eigenvalue weighted by atomic mass is 10.2. The summed E-state index contributed by atoms with van der Waals surface area (Å²) in [4.78, 5) is 29.9. The Kier molecular flexibility index (Phi) is 3.55. The number of amides is 2. The molecule has 0 radical (unpaired) electrons. The first-order valence-corrected chi connectivity index (χ1v) is 7.06. The number of likely N-dealkylation sites (tertiary alicyclic amines) is 1. The lowest BCUT2D eigenvalue weighted by Crippen LogP contribution is -2.37. The van der Waals surface area contributed by atoms with Crippen molar-refractivity contribution in [2.24, 2.45) is 0 Å². The normalized spacial score (nSPS) is 18.4. The molecule has 1 unspecified atom stereocenters. The molecule has 1 N–H and O–H groups in total. The van der Waals surface area contributed by atoms with Gasteiger partial charge in [-0.3, -0.25) is 9.59 Å². The average Bonchev–Trinajstić information content (AvgIpc) is 3.03. The van der Waals surface area contributed by atoms with Crippen LogP contribution in [0.3, 0.4) is 0 Å². The Bertz CT molecular complexity index is 648. The molecule has 1 aliphatic heterocycles. The first kappa shape index (κ1) is 13.5. The first-order chi connectivity index (χ1) is 10.2. The van der Waals surface area contributed by atoms with E-state index in [0.717, 1.165) is 13.0 Å². The fourth-order valence-electron chi connectivity index (χ4n) is 2.56. The molecule has 0 aliphatic carbocycles. The monoisotopic (exact) mass is 287 g/mol. The number of aromatic nitrogens is 3.